The lowest BCUT2D eigenvalue weighted by atomic mass is 10.2. The number of ether oxygens (including phenoxy) is 1. The van der Waals surface area contributed by atoms with Crippen molar-refractivity contribution in [2.24, 2.45) is 5.73 Å². The van der Waals surface area contributed by atoms with Gasteiger partial charge in [0.15, 0.2) is 0 Å². The van der Waals surface area contributed by atoms with Crippen LogP contribution in [0.5, 0.6) is 5.75 Å². The van der Waals surface area contributed by atoms with Gasteiger partial charge in [-0.25, -0.2) is 4.98 Å². The van der Waals surface area contributed by atoms with E-state index in [0.29, 0.717) is 12.4 Å². The zero-order valence-electron chi connectivity index (χ0n) is 9.85. The number of aryl methyl sites for hydroxylation is 1. The van der Waals surface area contributed by atoms with Gasteiger partial charge in [-0.3, -0.25) is 0 Å². The van der Waals surface area contributed by atoms with E-state index in [1.807, 2.05) is 24.3 Å². The summed E-state index contributed by atoms with van der Waals surface area (Å²) in [5.74, 6) is 1.46. The van der Waals surface area contributed by atoms with E-state index in [1.165, 1.54) is 0 Å². The van der Waals surface area contributed by atoms with Crippen molar-refractivity contribution in [2.45, 2.75) is 12.8 Å². The van der Waals surface area contributed by atoms with Gasteiger partial charge in [0.1, 0.15) is 12.0 Å². The molecule has 0 amide bonds. The van der Waals surface area contributed by atoms with Crippen molar-refractivity contribution in [2.75, 3.05) is 13.7 Å². The number of hydrogen-bond acceptors (Lipinski definition) is 4. The smallest absolute Gasteiger partial charge is 0.226 e. The van der Waals surface area contributed by atoms with Crippen molar-refractivity contribution in [3.05, 3.63) is 36.2 Å². The lowest BCUT2D eigenvalue weighted by Crippen LogP contribution is -2.00. The van der Waals surface area contributed by atoms with Crippen LogP contribution in [0.1, 0.15) is 12.1 Å². The first-order valence-corrected chi connectivity index (χ1v) is 5.62. The summed E-state index contributed by atoms with van der Waals surface area (Å²) in [6.07, 6.45) is 3.47. The summed E-state index contributed by atoms with van der Waals surface area (Å²) in [5, 5.41) is 0. The molecule has 0 saturated heterocycles. The van der Waals surface area contributed by atoms with E-state index < -0.39 is 0 Å². The maximum atomic E-state index is 5.45. The molecular formula is C13H16N2O2. The van der Waals surface area contributed by atoms with E-state index >= 15 is 0 Å². The number of nitrogens with zero attached hydrogens (tertiary/aromatic N) is 1. The molecule has 4 nitrogen and oxygen atoms in total. The largest absolute Gasteiger partial charge is 0.497 e. The predicted octanol–water partition coefficient (Wildman–Crippen LogP) is 2.24. The summed E-state index contributed by atoms with van der Waals surface area (Å²) in [5.41, 5.74) is 7.35. The van der Waals surface area contributed by atoms with Crippen LogP contribution in [0.15, 0.2) is 34.9 Å². The number of benzene rings is 1. The fourth-order valence-corrected chi connectivity index (χ4v) is 1.57. The van der Waals surface area contributed by atoms with E-state index in [0.717, 1.165) is 29.8 Å². The molecule has 2 aromatic rings. The number of rotatable bonds is 5. The van der Waals surface area contributed by atoms with Crippen LogP contribution < -0.4 is 10.5 Å². The highest BCUT2D eigenvalue weighted by Gasteiger charge is 2.06. The van der Waals surface area contributed by atoms with Gasteiger partial charge >= 0.3 is 0 Å². The molecule has 2 N–H and O–H groups in total. The standard InChI is InChI=1S/C13H16N2O2/c1-16-12-6-4-10(5-7-12)13-15-11(9-17-13)3-2-8-14/h4-7,9H,2-3,8,14H2,1H3. The Morgan fingerprint density at radius 3 is 2.71 bits per heavy atom. The second-order valence-corrected chi connectivity index (χ2v) is 3.76. The second kappa shape index (κ2) is 5.50. The Bertz CT molecular complexity index is 463. The molecule has 0 aliphatic carbocycles. The molecule has 1 aromatic carbocycles. The van der Waals surface area contributed by atoms with Crippen molar-refractivity contribution < 1.29 is 9.15 Å². The quantitative estimate of drug-likeness (QED) is 0.858. The Hall–Kier alpha value is -1.81. The maximum absolute atomic E-state index is 5.45. The van der Waals surface area contributed by atoms with Gasteiger partial charge in [0.25, 0.3) is 0 Å². The summed E-state index contributed by atoms with van der Waals surface area (Å²) < 4.78 is 10.5. The average Bonchev–Trinajstić information content (AvgIpc) is 2.85. The van der Waals surface area contributed by atoms with Gasteiger partial charge in [-0.1, -0.05) is 0 Å². The van der Waals surface area contributed by atoms with Crippen molar-refractivity contribution in [3.8, 4) is 17.2 Å². The molecule has 0 fully saturated rings. The number of methoxy groups -OCH3 is 1. The third kappa shape index (κ3) is 2.85. The topological polar surface area (TPSA) is 61.3 Å². The van der Waals surface area contributed by atoms with Crippen LogP contribution in [0, 0.1) is 0 Å². The zero-order valence-corrected chi connectivity index (χ0v) is 9.85. The molecule has 0 radical (unpaired) electrons. The van der Waals surface area contributed by atoms with Crippen molar-refractivity contribution in [1.82, 2.24) is 4.98 Å². The Morgan fingerprint density at radius 2 is 2.06 bits per heavy atom. The molecule has 0 saturated carbocycles. The maximum Gasteiger partial charge on any atom is 0.226 e. The lowest BCUT2D eigenvalue weighted by molar-refractivity contribution is 0.415. The van der Waals surface area contributed by atoms with Gasteiger partial charge in [0.2, 0.25) is 5.89 Å². The molecule has 0 aliphatic rings. The van der Waals surface area contributed by atoms with Crippen molar-refractivity contribution in [1.29, 1.82) is 0 Å². The van der Waals surface area contributed by atoms with Gasteiger partial charge in [-0.05, 0) is 43.7 Å². The minimum Gasteiger partial charge on any atom is -0.497 e. The normalized spacial score (nSPS) is 10.5. The van der Waals surface area contributed by atoms with E-state index in [9.17, 15) is 0 Å². The van der Waals surface area contributed by atoms with E-state index in [-0.39, 0.29) is 0 Å². The number of nitrogens with two attached hydrogens (primary N) is 1. The predicted molar refractivity (Wildman–Crippen MR) is 65.9 cm³/mol. The van der Waals surface area contributed by atoms with Crippen LogP contribution in [0.4, 0.5) is 0 Å². The number of oxazole rings is 1. The van der Waals surface area contributed by atoms with E-state index in [1.54, 1.807) is 13.4 Å². The number of hydrogen-bond donors (Lipinski definition) is 1. The third-order valence-corrected chi connectivity index (χ3v) is 2.53. The fraction of sp³-hybridized carbons (Fsp3) is 0.308. The fourth-order valence-electron chi connectivity index (χ4n) is 1.57. The molecule has 0 unspecified atom stereocenters. The first kappa shape index (κ1) is 11.7. The minimum absolute atomic E-state index is 0.639. The van der Waals surface area contributed by atoms with Gasteiger partial charge in [-0.2, -0.15) is 0 Å². The summed E-state index contributed by atoms with van der Waals surface area (Å²) >= 11 is 0. The van der Waals surface area contributed by atoms with Crippen LogP contribution >= 0.6 is 0 Å². The van der Waals surface area contributed by atoms with Crippen LogP contribution in [0.3, 0.4) is 0 Å². The molecule has 90 valence electrons. The Morgan fingerprint density at radius 1 is 1.29 bits per heavy atom. The first-order valence-electron chi connectivity index (χ1n) is 5.62. The van der Waals surface area contributed by atoms with Crippen molar-refractivity contribution in [3.63, 3.8) is 0 Å². The highest BCUT2D eigenvalue weighted by molar-refractivity contribution is 5.54. The Labute approximate surface area is 100 Å². The molecule has 0 aliphatic heterocycles. The summed E-state index contributed by atoms with van der Waals surface area (Å²) in [7, 11) is 1.64. The monoisotopic (exact) mass is 232 g/mol. The molecule has 4 heteroatoms. The van der Waals surface area contributed by atoms with Crippen LogP contribution in [0.2, 0.25) is 0 Å². The Balaban J connectivity index is 2.12. The highest BCUT2D eigenvalue weighted by Crippen LogP contribution is 2.21. The number of aromatic nitrogens is 1. The van der Waals surface area contributed by atoms with Crippen LogP contribution in [-0.4, -0.2) is 18.6 Å². The SMILES string of the molecule is COc1ccc(-c2nc(CCCN)co2)cc1. The molecule has 0 spiro atoms. The van der Waals surface area contributed by atoms with E-state index in [2.05, 4.69) is 4.98 Å². The Kier molecular flexibility index (Phi) is 3.77. The molecular weight excluding hydrogens is 216 g/mol. The molecule has 1 heterocycles. The molecule has 0 bridgehead atoms. The molecule has 17 heavy (non-hydrogen) atoms. The molecule has 1 aromatic heterocycles. The lowest BCUT2D eigenvalue weighted by Gasteiger charge is -1.99. The second-order valence-electron chi connectivity index (χ2n) is 3.76. The van der Waals surface area contributed by atoms with Gasteiger partial charge in [0.05, 0.1) is 12.8 Å². The van der Waals surface area contributed by atoms with Crippen molar-refractivity contribution >= 4 is 0 Å². The first-order chi connectivity index (χ1) is 8.33. The molecule has 2 rings (SSSR count). The highest BCUT2D eigenvalue weighted by atomic mass is 16.5. The van der Waals surface area contributed by atoms with Gasteiger partial charge in [0, 0.05) is 5.56 Å². The minimum atomic E-state index is 0.639. The van der Waals surface area contributed by atoms with E-state index in [4.69, 9.17) is 14.9 Å². The summed E-state index contributed by atoms with van der Waals surface area (Å²) in [6.45, 7) is 0.671. The summed E-state index contributed by atoms with van der Waals surface area (Å²) in [6, 6.07) is 7.63. The van der Waals surface area contributed by atoms with Gasteiger partial charge in [-0.15, -0.1) is 0 Å². The average molecular weight is 232 g/mol. The van der Waals surface area contributed by atoms with Crippen LogP contribution in [-0.2, 0) is 6.42 Å². The zero-order chi connectivity index (χ0) is 12.1. The molecule has 0 atom stereocenters. The van der Waals surface area contributed by atoms with Crippen LogP contribution in [0.25, 0.3) is 11.5 Å². The summed E-state index contributed by atoms with van der Waals surface area (Å²) in [4.78, 5) is 4.41. The van der Waals surface area contributed by atoms with Gasteiger partial charge < -0.3 is 14.9 Å². The third-order valence-electron chi connectivity index (χ3n) is 2.53.